The van der Waals surface area contributed by atoms with Gasteiger partial charge in [-0.05, 0) is 37.1 Å². The van der Waals surface area contributed by atoms with Crippen LogP contribution in [0.25, 0.3) is 5.69 Å². The van der Waals surface area contributed by atoms with E-state index in [4.69, 9.17) is 22.1 Å². The summed E-state index contributed by atoms with van der Waals surface area (Å²) in [5.74, 6) is -0.176. The van der Waals surface area contributed by atoms with Gasteiger partial charge in [-0.1, -0.05) is 66.7 Å². The molecule has 4 rings (SSSR count). The molecule has 0 spiro atoms. The van der Waals surface area contributed by atoms with Gasteiger partial charge in [0, 0.05) is 10.8 Å². The molecule has 0 aliphatic heterocycles. The Labute approximate surface area is 223 Å². The number of rotatable bonds is 10. The first-order chi connectivity index (χ1) is 17.9. The summed E-state index contributed by atoms with van der Waals surface area (Å²) in [5.41, 5.74) is 7.87. The Kier molecular flexibility index (Phi) is 8.47. The summed E-state index contributed by atoms with van der Waals surface area (Å²) in [6.45, 7) is 3.75. The van der Waals surface area contributed by atoms with Gasteiger partial charge in [-0.15, -0.1) is 10.2 Å². The van der Waals surface area contributed by atoms with Gasteiger partial charge in [0.25, 0.3) is 0 Å². The van der Waals surface area contributed by atoms with E-state index in [0.717, 1.165) is 5.56 Å². The van der Waals surface area contributed by atoms with Gasteiger partial charge < -0.3 is 15.8 Å². The SMILES string of the molecule is CCOC(=O)c1cnn(-c2ccccc2)c1NC(=O)C(CC)n1c(N)nnc1SCc1ccccc1Cl. The summed E-state index contributed by atoms with van der Waals surface area (Å²) in [4.78, 5) is 26.3. The van der Waals surface area contributed by atoms with Crippen LogP contribution in [0.15, 0.2) is 66.0 Å². The molecule has 1 atom stereocenters. The van der Waals surface area contributed by atoms with Gasteiger partial charge in [0.2, 0.25) is 11.9 Å². The van der Waals surface area contributed by atoms with Crippen LogP contribution < -0.4 is 11.1 Å². The maximum absolute atomic E-state index is 13.6. The Hall–Kier alpha value is -3.83. The number of hydrogen-bond acceptors (Lipinski definition) is 8. The van der Waals surface area contributed by atoms with Crippen LogP contribution in [0.1, 0.15) is 42.2 Å². The molecule has 1 unspecified atom stereocenters. The average Bonchev–Trinajstić information content (AvgIpc) is 3.48. The Bertz CT molecular complexity index is 1390. The number of benzene rings is 2. The van der Waals surface area contributed by atoms with Crippen molar-refractivity contribution >= 4 is 47.0 Å². The number of carbonyl (C=O) groups is 2. The Morgan fingerprint density at radius 3 is 2.54 bits per heavy atom. The van der Waals surface area contributed by atoms with E-state index in [-0.39, 0.29) is 23.9 Å². The monoisotopic (exact) mass is 539 g/mol. The highest BCUT2D eigenvalue weighted by molar-refractivity contribution is 7.98. The first kappa shape index (κ1) is 26.2. The van der Waals surface area contributed by atoms with Crippen LogP contribution >= 0.6 is 23.4 Å². The van der Waals surface area contributed by atoms with Crippen LogP contribution in [0, 0.1) is 0 Å². The number of ether oxygens (including phenoxy) is 1. The third kappa shape index (κ3) is 5.78. The van der Waals surface area contributed by atoms with Crippen LogP contribution in [0.4, 0.5) is 11.8 Å². The Balaban J connectivity index is 1.64. The molecule has 0 bridgehead atoms. The number of thioether (sulfide) groups is 1. The Morgan fingerprint density at radius 2 is 1.84 bits per heavy atom. The van der Waals surface area contributed by atoms with Gasteiger partial charge in [-0.2, -0.15) is 5.10 Å². The highest BCUT2D eigenvalue weighted by atomic mass is 35.5. The van der Waals surface area contributed by atoms with E-state index in [1.54, 1.807) is 11.5 Å². The lowest BCUT2D eigenvalue weighted by molar-refractivity contribution is -0.119. The Morgan fingerprint density at radius 1 is 1.11 bits per heavy atom. The number of nitrogens with two attached hydrogens (primary N) is 1. The summed E-state index contributed by atoms with van der Waals surface area (Å²) in [5, 5.41) is 16.5. The van der Waals surface area contributed by atoms with Gasteiger partial charge in [-0.25, -0.2) is 9.48 Å². The van der Waals surface area contributed by atoms with Crippen molar-refractivity contribution in [1.29, 1.82) is 0 Å². The van der Waals surface area contributed by atoms with Gasteiger partial charge >= 0.3 is 5.97 Å². The normalized spacial score (nSPS) is 11.8. The van der Waals surface area contributed by atoms with E-state index < -0.39 is 17.9 Å². The molecule has 2 aromatic carbocycles. The molecule has 10 nitrogen and oxygen atoms in total. The van der Waals surface area contributed by atoms with Crippen molar-refractivity contribution in [3.8, 4) is 5.69 Å². The number of nitrogens with zero attached hydrogens (tertiary/aromatic N) is 5. The molecule has 4 aromatic rings. The molecule has 12 heteroatoms. The largest absolute Gasteiger partial charge is 0.462 e. The summed E-state index contributed by atoms with van der Waals surface area (Å²) >= 11 is 7.66. The zero-order valence-corrected chi connectivity index (χ0v) is 21.9. The van der Waals surface area contributed by atoms with E-state index in [2.05, 4.69) is 20.6 Å². The minimum atomic E-state index is -0.752. The molecule has 1 amide bonds. The lowest BCUT2D eigenvalue weighted by Gasteiger charge is -2.20. The molecule has 0 radical (unpaired) electrons. The number of anilines is 2. The van der Waals surface area contributed by atoms with Crippen molar-refractivity contribution in [2.45, 2.75) is 37.2 Å². The number of nitrogen functional groups attached to an aromatic ring is 1. The standard InChI is InChI=1S/C25H26ClN7O3S/c1-3-20(32-24(27)30-31-25(32)37-15-16-10-8-9-13-19(16)26)22(34)29-21-18(23(35)36-4-2)14-28-33(21)17-11-6-5-7-12-17/h5-14,20H,3-4,15H2,1-2H3,(H2,27,30)(H,29,34). The predicted octanol–water partition coefficient (Wildman–Crippen LogP) is 4.76. The van der Waals surface area contributed by atoms with Crippen molar-refractivity contribution in [1.82, 2.24) is 24.5 Å². The number of para-hydroxylation sites is 1. The second kappa shape index (κ2) is 11.9. The van der Waals surface area contributed by atoms with Crippen molar-refractivity contribution < 1.29 is 14.3 Å². The smallest absolute Gasteiger partial charge is 0.343 e. The number of carbonyl (C=O) groups excluding carboxylic acids is 2. The molecule has 2 heterocycles. The molecule has 0 aliphatic carbocycles. The van der Waals surface area contributed by atoms with Crippen LogP contribution in [0.5, 0.6) is 0 Å². The molecular formula is C25H26ClN7O3S. The molecule has 0 saturated carbocycles. The minimum absolute atomic E-state index is 0.103. The van der Waals surface area contributed by atoms with E-state index in [0.29, 0.717) is 28.0 Å². The second-order valence-corrected chi connectivity index (χ2v) is 9.23. The topological polar surface area (TPSA) is 130 Å². The second-order valence-electron chi connectivity index (χ2n) is 7.88. The quantitative estimate of drug-likeness (QED) is 0.218. The maximum atomic E-state index is 13.6. The fourth-order valence-electron chi connectivity index (χ4n) is 3.71. The van der Waals surface area contributed by atoms with Crippen molar-refractivity contribution in [2.24, 2.45) is 0 Å². The van der Waals surface area contributed by atoms with E-state index >= 15 is 0 Å². The average molecular weight is 540 g/mol. The number of aromatic nitrogens is 5. The molecule has 0 aliphatic rings. The number of nitrogens with one attached hydrogen (secondary N) is 1. The number of esters is 1. The third-order valence-electron chi connectivity index (χ3n) is 5.51. The summed E-state index contributed by atoms with van der Waals surface area (Å²) in [6.07, 6.45) is 1.77. The van der Waals surface area contributed by atoms with E-state index in [9.17, 15) is 9.59 Å². The van der Waals surface area contributed by atoms with Gasteiger partial charge in [0.15, 0.2) is 11.0 Å². The molecule has 0 saturated heterocycles. The first-order valence-corrected chi connectivity index (χ1v) is 13.0. The zero-order valence-electron chi connectivity index (χ0n) is 20.3. The van der Waals surface area contributed by atoms with Crippen molar-refractivity contribution in [2.75, 3.05) is 17.7 Å². The third-order valence-corrected chi connectivity index (χ3v) is 6.87. The van der Waals surface area contributed by atoms with Crippen LogP contribution in [-0.2, 0) is 15.3 Å². The molecule has 0 fully saturated rings. The van der Waals surface area contributed by atoms with Crippen LogP contribution in [0.2, 0.25) is 5.02 Å². The molecular weight excluding hydrogens is 514 g/mol. The van der Waals surface area contributed by atoms with Gasteiger partial charge in [0.05, 0.1) is 18.5 Å². The number of halogens is 1. The highest BCUT2D eigenvalue weighted by Crippen LogP contribution is 2.31. The fourth-order valence-corrected chi connectivity index (χ4v) is 4.99. The highest BCUT2D eigenvalue weighted by Gasteiger charge is 2.28. The van der Waals surface area contributed by atoms with Crippen LogP contribution in [0.3, 0.4) is 0 Å². The molecule has 2 aromatic heterocycles. The predicted molar refractivity (Wildman–Crippen MR) is 143 cm³/mol. The molecule has 37 heavy (non-hydrogen) atoms. The zero-order chi connectivity index (χ0) is 26.4. The molecule has 3 N–H and O–H groups in total. The van der Waals surface area contributed by atoms with Gasteiger partial charge in [-0.3, -0.25) is 9.36 Å². The molecule has 192 valence electrons. The summed E-state index contributed by atoms with van der Waals surface area (Å²) in [6, 6.07) is 15.9. The summed E-state index contributed by atoms with van der Waals surface area (Å²) in [7, 11) is 0. The van der Waals surface area contributed by atoms with E-state index in [1.807, 2.05) is 61.5 Å². The lowest BCUT2D eigenvalue weighted by Crippen LogP contribution is -2.28. The first-order valence-electron chi connectivity index (χ1n) is 11.6. The lowest BCUT2D eigenvalue weighted by atomic mass is 10.2. The van der Waals surface area contributed by atoms with Crippen molar-refractivity contribution in [3.63, 3.8) is 0 Å². The summed E-state index contributed by atoms with van der Waals surface area (Å²) < 4.78 is 8.25. The van der Waals surface area contributed by atoms with Crippen LogP contribution in [-0.4, -0.2) is 43.0 Å². The van der Waals surface area contributed by atoms with Gasteiger partial charge in [0.1, 0.15) is 11.6 Å². The minimum Gasteiger partial charge on any atom is -0.462 e. The van der Waals surface area contributed by atoms with E-state index in [1.165, 1.54) is 22.6 Å². The fraction of sp³-hybridized carbons (Fsp3) is 0.240. The maximum Gasteiger partial charge on any atom is 0.343 e. The number of hydrogen-bond donors (Lipinski definition) is 2. The van der Waals surface area contributed by atoms with Crippen molar-refractivity contribution in [3.05, 3.63) is 76.9 Å². The number of amides is 1.